The van der Waals surface area contributed by atoms with E-state index in [9.17, 15) is 0 Å². The van der Waals surface area contributed by atoms with Crippen LogP contribution in [0, 0.1) is 12.3 Å². The van der Waals surface area contributed by atoms with Gasteiger partial charge in [0.25, 0.3) is 0 Å². The zero-order valence-electron chi connectivity index (χ0n) is 7.49. The summed E-state index contributed by atoms with van der Waals surface area (Å²) in [4.78, 5) is 4.98. The topological polar surface area (TPSA) is 60.2 Å². The summed E-state index contributed by atoms with van der Waals surface area (Å²) in [5.74, 6) is 2.35. The van der Waals surface area contributed by atoms with Crippen molar-refractivity contribution in [3.63, 3.8) is 0 Å². The molecule has 2 rings (SSSR count). The molecule has 0 aromatic carbocycles. The van der Waals surface area contributed by atoms with Crippen LogP contribution in [-0.2, 0) is 11.3 Å². The van der Waals surface area contributed by atoms with Gasteiger partial charge in [-0.1, -0.05) is 17.2 Å². The van der Waals surface area contributed by atoms with E-state index in [-0.39, 0.29) is 6.61 Å². The molecule has 1 aromatic heterocycles. The molecule has 0 bridgehead atoms. The Balaban J connectivity index is 2.06. The van der Waals surface area contributed by atoms with E-state index < -0.39 is 0 Å². The van der Waals surface area contributed by atoms with E-state index in [0.29, 0.717) is 5.69 Å². The van der Waals surface area contributed by atoms with Gasteiger partial charge >= 0.3 is 0 Å². The number of hydrogen-bond acceptors (Lipinski definition) is 5. The highest BCUT2D eigenvalue weighted by atomic mass is 16.6. The first-order valence-corrected chi connectivity index (χ1v) is 4.25. The average Bonchev–Trinajstić information content (AvgIpc) is 2.67. The lowest BCUT2D eigenvalue weighted by Gasteiger charge is -2.10. The van der Waals surface area contributed by atoms with E-state index >= 15 is 0 Å². The normalized spacial score (nSPS) is 14.1. The molecule has 0 spiro atoms. The molecule has 0 fully saturated rings. The number of aryl methyl sites for hydroxylation is 1. The van der Waals surface area contributed by atoms with Crippen LogP contribution in [0.3, 0.4) is 0 Å². The minimum Gasteiger partial charge on any atom is -0.264 e. The molecular weight excluding hydrogens is 182 g/mol. The van der Waals surface area contributed by atoms with Gasteiger partial charge in [-0.2, -0.15) is 0 Å². The Morgan fingerprint density at radius 1 is 1.64 bits per heavy atom. The van der Waals surface area contributed by atoms with Gasteiger partial charge in [-0.15, -0.1) is 6.42 Å². The molecule has 1 aromatic rings. The molecule has 0 amide bonds. The summed E-state index contributed by atoms with van der Waals surface area (Å²) in [5.41, 5.74) is 5.04. The number of nitrogens with one attached hydrogen (secondary N) is 1. The maximum Gasteiger partial charge on any atom is 0.156 e. The van der Waals surface area contributed by atoms with Crippen LogP contribution in [0.15, 0.2) is 10.7 Å². The van der Waals surface area contributed by atoms with Gasteiger partial charge in [0.15, 0.2) is 5.69 Å². The number of terminal acetylenes is 1. The van der Waals surface area contributed by atoms with Crippen molar-refractivity contribution in [3.8, 4) is 12.3 Å². The molecule has 0 unspecified atom stereocenters. The molecule has 1 N–H and O–H groups in total. The molecule has 0 aliphatic heterocycles. The summed E-state index contributed by atoms with van der Waals surface area (Å²) < 4.78 is 4.63. The largest absolute Gasteiger partial charge is 0.264 e. The predicted molar refractivity (Wildman–Crippen MR) is 48.5 cm³/mol. The van der Waals surface area contributed by atoms with Crippen molar-refractivity contribution in [3.05, 3.63) is 17.5 Å². The maximum absolute atomic E-state index is 5.04. The standard InChI is InChI=1S/C9H9N3O2/c1-2-6-13-10-7-4-3-5-8-9(7)12-14-11-8/h1,4,10H,3,5-6H2. The van der Waals surface area contributed by atoms with Crippen LogP contribution in [0.5, 0.6) is 0 Å². The van der Waals surface area contributed by atoms with Crippen LogP contribution in [0.1, 0.15) is 17.8 Å². The quantitative estimate of drug-likeness (QED) is 0.428. The van der Waals surface area contributed by atoms with E-state index in [1.54, 1.807) is 0 Å². The third-order valence-electron chi connectivity index (χ3n) is 1.88. The predicted octanol–water partition coefficient (Wildman–Crippen LogP) is 0.511. The highest BCUT2D eigenvalue weighted by Gasteiger charge is 2.18. The second-order valence-corrected chi connectivity index (χ2v) is 2.81. The summed E-state index contributed by atoms with van der Waals surface area (Å²) >= 11 is 0. The van der Waals surface area contributed by atoms with Crippen molar-refractivity contribution in [1.82, 2.24) is 15.8 Å². The Morgan fingerprint density at radius 3 is 3.43 bits per heavy atom. The Hall–Kier alpha value is -1.80. The second kappa shape index (κ2) is 3.94. The van der Waals surface area contributed by atoms with Crippen LogP contribution >= 0.6 is 0 Å². The first-order valence-electron chi connectivity index (χ1n) is 4.25. The number of allylic oxidation sites excluding steroid dienone is 1. The number of fused-ring (bicyclic) bond motifs is 1. The highest BCUT2D eigenvalue weighted by Crippen LogP contribution is 2.20. The van der Waals surface area contributed by atoms with Crippen LogP contribution in [0.2, 0.25) is 0 Å². The van der Waals surface area contributed by atoms with E-state index in [1.165, 1.54) is 0 Å². The lowest BCUT2D eigenvalue weighted by atomic mass is 10.1. The SMILES string of the molecule is C#CCONC1=CCCc2nonc21. The van der Waals surface area contributed by atoms with E-state index in [0.717, 1.165) is 24.2 Å². The summed E-state index contributed by atoms with van der Waals surface area (Å²) in [5, 5.41) is 7.54. The molecule has 14 heavy (non-hydrogen) atoms. The second-order valence-electron chi connectivity index (χ2n) is 2.81. The number of hydroxylamine groups is 1. The minimum atomic E-state index is 0.206. The Morgan fingerprint density at radius 2 is 2.57 bits per heavy atom. The van der Waals surface area contributed by atoms with Crippen molar-refractivity contribution in [2.45, 2.75) is 12.8 Å². The van der Waals surface area contributed by atoms with Crippen molar-refractivity contribution in [2.24, 2.45) is 0 Å². The molecular formula is C9H9N3O2. The summed E-state index contributed by atoms with van der Waals surface area (Å²) in [6, 6.07) is 0. The molecule has 0 atom stereocenters. The summed E-state index contributed by atoms with van der Waals surface area (Å²) in [6.45, 7) is 0.206. The Kier molecular flexibility index (Phi) is 2.47. The van der Waals surface area contributed by atoms with Crippen molar-refractivity contribution in [2.75, 3.05) is 6.61 Å². The Bertz CT molecular complexity index is 389. The zero-order valence-corrected chi connectivity index (χ0v) is 7.49. The summed E-state index contributed by atoms with van der Waals surface area (Å²) in [6.07, 6.45) is 8.75. The molecule has 1 aliphatic rings. The van der Waals surface area contributed by atoms with Crippen LogP contribution < -0.4 is 5.48 Å². The van der Waals surface area contributed by atoms with Gasteiger partial charge in [-0.3, -0.25) is 10.3 Å². The molecule has 0 radical (unpaired) electrons. The van der Waals surface area contributed by atoms with E-state index in [2.05, 4.69) is 26.3 Å². The first-order chi connectivity index (χ1) is 6.92. The van der Waals surface area contributed by atoms with Gasteiger partial charge in [-0.25, -0.2) is 4.63 Å². The van der Waals surface area contributed by atoms with E-state index in [4.69, 9.17) is 11.3 Å². The monoisotopic (exact) mass is 191 g/mol. The lowest BCUT2D eigenvalue weighted by molar-refractivity contribution is 0.107. The van der Waals surface area contributed by atoms with Gasteiger partial charge in [0, 0.05) is 0 Å². The van der Waals surface area contributed by atoms with Gasteiger partial charge in [0.1, 0.15) is 12.3 Å². The van der Waals surface area contributed by atoms with Crippen molar-refractivity contribution >= 4 is 5.70 Å². The molecule has 1 heterocycles. The fourth-order valence-corrected chi connectivity index (χ4v) is 1.27. The fraction of sp³-hybridized carbons (Fsp3) is 0.333. The average molecular weight is 191 g/mol. The van der Waals surface area contributed by atoms with Crippen LogP contribution in [0.4, 0.5) is 0 Å². The van der Waals surface area contributed by atoms with Gasteiger partial charge in [0.2, 0.25) is 0 Å². The third kappa shape index (κ3) is 1.60. The fourth-order valence-electron chi connectivity index (χ4n) is 1.27. The molecule has 0 saturated carbocycles. The molecule has 0 saturated heterocycles. The van der Waals surface area contributed by atoms with Crippen LogP contribution in [0.25, 0.3) is 5.70 Å². The minimum absolute atomic E-state index is 0.206. The Labute approximate surface area is 81.0 Å². The number of hydrogen-bond donors (Lipinski definition) is 1. The van der Waals surface area contributed by atoms with E-state index in [1.807, 2.05) is 6.08 Å². The van der Waals surface area contributed by atoms with Gasteiger partial charge in [-0.05, 0) is 18.0 Å². The maximum atomic E-state index is 5.04. The number of rotatable bonds is 3. The number of nitrogens with zero attached hydrogens (tertiary/aromatic N) is 2. The summed E-state index contributed by atoms with van der Waals surface area (Å²) in [7, 11) is 0. The van der Waals surface area contributed by atoms with Crippen molar-refractivity contribution in [1.29, 1.82) is 0 Å². The van der Waals surface area contributed by atoms with Crippen molar-refractivity contribution < 1.29 is 9.47 Å². The molecule has 1 aliphatic carbocycles. The van der Waals surface area contributed by atoms with Gasteiger partial charge < -0.3 is 0 Å². The first kappa shape index (κ1) is 8.78. The third-order valence-corrected chi connectivity index (χ3v) is 1.88. The highest BCUT2D eigenvalue weighted by molar-refractivity contribution is 5.62. The molecule has 72 valence electrons. The zero-order chi connectivity index (χ0) is 9.80. The smallest absolute Gasteiger partial charge is 0.156 e. The van der Waals surface area contributed by atoms with Crippen LogP contribution in [-0.4, -0.2) is 16.9 Å². The van der Waals surface area contributed by atoms with Gasteiger partial charge in [0.05, 0.1) is 5.70 Å². The molecule has 5 nitrogen and oxygen atoms in total. The molecule has 5 heteroatoms. The number of aromatic nitrogens is 2. The lowest BCUT2D eigenvalue weighted by Crippen LogP contribution is -2.16.